The molecular formula is C19H36IN7O2S. The van der Waals surface area contributed by atoms with Gasteiger partial charge in [-0.05, 0) is 27.7 Å². The molecule has 1 fully saturated rings. The normalized spacial score (nSPS) is 14.9. The summed E-state index contributed by atoms with van der Waals surface area (Å²) in [6, 6.07) is 0. The first kappa shape index (κ1) is 26.7. The monoisotopic (exact) mass is 553 g/mol. The van der Waals surface area contributed by atoms with E-state index < -0.39 is 5.60 Å². The van der Waals surface area contributed by atoms with Crippen LogP contribution in [0.5, 0.6) is 0 Å². The minimum absolute atomic E-state index is 0. The largest absolute Gasteiger partial charge is 0.444 e. The first-order valence-electron chi connectivity index (χ1n) is 10.3. The number of aliphatic imine (C=N–C) groups is 1. The Balaban J connectivity index is 0.00000450. The van der Waals surface area contributed by atoms with Crippen molar-refractivity contribution in [1.82, 2.24) is 24.5 Å². The lowest BCUT2D eigenvalue weighted by Gasteiger charge is -2.36. The molecule has 0 atom stereocenters. The molecule has 0 spiro atoms. The fourth-order valence-electron chi connectivity index (χ4n) is 2.97. The Labute approximate surface area is 201 Å². The van der Waals surface area contributed by atoms with Crippen LogP contribution in [0.2, 0.25) is 0 Å². The maximum absolute atomic E-state index is 12.3. The van der Waals surface area contributed by atoms with Gasteiger partial charge in [-0.1, -0.05) is 6.92 Å². The van der Waals surface area contributed by atoms with Crippen molar-refractivity contribution in [3.8, 4) is 0 Å². The second-order valence-electron chi connectivity index (χ2n) is 7.85. The van der Waals surface area contributed by atoms with E-state index in [1.807, 2.05) is 27.7 Å². The van der Waals surface area contributed by atoms with E-state index in [2.05, 4.69) is 36.4 Å². The van der Waals surface area contributed by atoms with Crippen LogP contribution in [0.4, 0.5) is 9.93 Å². The van der Waals surface area contributed by atoms with Crippen LogP contribution in [-0.4, -0.2) is 89.7 Å². The molecule has 1 saturated heterocycles. The number of hydrogen-bond acceptors (Lipinski definition) is 7. The molecule has 0 aromatic carbocycles. The smallest absolute Gasteiger partial charge is 0.410 e. The van der Waals surface area contributed by atoms with Gasteiger partial charge in [0.05, 0.1) is 0 Å². The molecular weight excluding hydrogens is 517 g/mol. The van der Waals surface area contributed by atoms with Crippen molar-refractivity contribution in [2.45, 2.75) is 46.6 Å². The quantitative estimate of drug-likeness (QED) is 0.330. The molecule has 1 amide bonds. The van der Waals surface area contributed by atoms with Crippen molar-refractivity contribution in [2.75, 3.05) is 57.8 Å². The van der Waals surface area contributed by atoms with Gasteiger partial charge < -0.3 is 24.8 Å². The third-order valence-electron chi connectivity index (χ3n) is 4.53. The molecule has 0 bridgehead atoms. The number of amides is 1. The van der Waals surface area contributed by atoms with E-state index in [1.165, 1.54) is 11.5 Å². The van der Waals surface area contributed by atoms with Gasteiger partial charge in [0.25, 0.3) is 0 Å². The number of ether oxygens (including phenoxy) is 1. The van der Waals surface area contributed by atoms with E-state index >= 15 is 0 Å². The predicted molar refractivity (Wildman–Crippen MR) is 133 cm³/mol. The Morgan fingerprint density at radius 1 is 1.27 bits per heavy atom. The Kier molecular flexibility index (Phi) is 11.1. The predicted octanol–water partition coefficient (Wildman–Crippen LogP) is 2.67. The maximum atomic E-state index is 12.3. The summed E-state index contributed by atoms with van der Waals surface area (Å²) in [5, 5.41) is 4.37. The lowest BCUT2D eigenvalue weighted by Crippen LogP contribution is -2.53. The molecule has 1 aliphatic heterocycles. The fraction of sp³-hybridized carbons (Fsp3) is 0.789. The standard InChI is InChI=1S/C19H35N7O2S.HI/c1-7-15-22-17(29-23-15)26-13-11-25(12-14-26)16(20-6)21-9-10-24(8-2)18(27)28-19(3,4)5;/h7-14H2,1-6H3,(H,20,21);1H. The van der Waals surface area contributed by atoms with Gasteiger partial charge in [-0.25, -0.2) is 9.78 Å². The van der Waals surface area contributed by atoms with Crippen LogP contribution in [0, 0.1) is 0 Å². The molecule has 0 radical (unpaired) electrons. The Morgan fingerprint density at radius 3 is 2.43 bits per heavy atom. The van der Waals surface area contributed by atoms with Crippen molar-refractivity contribution in [1.29, 1.82) is 0 Å². The van der Waals surface area contributed by atoms with E-state index in [0.717, 1.165) is 49.5 Å². The molecule has 172 valence electrons. The van der Waals surface area contributed by atoms with Crippen molar-refractivity contribution >= 4 is 52.7 Å². The summed E-state index contributed by atoms with van der Waals surface area (Å²) >= 11 is 1.47. The summed E-state index contributed by atoms with van der Waals surface area (Å²) in [6.07, 6.45) is 0.583. The summed E-state index contributed by atoms with van der Waals surface area (Å²) in [7, 11) is 1.79. The van der Waals surface area contributed by atoms with Crippen molar-refractivity contribution in [2.24, 2.45) is 4.99 Å². The Bertz CT molecular complexity index is 685. The van der Waals surface area contributed by atoms with Gasteiger partial charge >= 0.3 is 6.09 Å². The summed E-state index contributed by atoms with van der Waals surface area (Å²) in [5.74, 6) is 1.77. The number of aromatic nitrogens is 2. The molecule has 1 aliphatic rings. The van der Waals surface area contributed by atoms with Crippen LogP contribution < -0.4 is 10.2 Å². The van der Waals surface area contributed by atoms with Crippen molar-refractivity contribution < 1.29 is 9.53 Å². The summed E-state index contributed by atoms with van der Waals surface area (Å²) < 4.78 is 9.84. The van der Waals surface area contributed by atoms with Crippen LogP contribution in [0.25, 0.3) is 0 Å². The molecule has 11 heteroatoms. The minimum atomic E-state index is -0.488. The molecule has 30 heavy (non-hydrogen) atoms. The molecule has 1 N–H and O–H groups in total. The second kappa shape index (κ2) is 12.5. The highest BCUT2D eigenvalue weighted by atomic mass is 127. The summed E-state index contributed by atoms with van der Waals surface area (Å²) in [5.41, 5.74) is -0.488. The molecule has 0 aliphatic carbocycles. The molecule has 1 aromatic heterocycles. The third kappa shape index (κ3) is 8.05. The maximum Gasteiger partial charge on any atom is 0.410 e. The number of hydrogen-bond donors (Lipinski definition) is 1. The van der Waals surface area contributed by atoms with Crippen molar-refractivity contribution in [3.05, 3.63) is 5.82 Å². The third-order valence-corrected chi connectivity index (χ3v) is 5.35. The molecule has 9 nitrogen and oxygen atoms in total. The van der Waals surface area contributed by atoms with Crippen LogP contribution in [-0.2, 0) is 11.2 Å². The lowest BCUT2D eigenvalue weighted by atomic mass is 10.2. The fourth-order valence-corrected chi connectivity index (χ4v) is 3.77. The first-order chi connectivity index (χ1) is 13.8. The van der Waals surface area contributed by atoms with E-state index in [0.29, 0.717) is 19.6 Å². The number of guanidine groups is 1. The van der Waals surface area contributed by atoms with Crippen LogP contribution in [0.3, 0.4) is 0 Å². The SMILES string of the molecule is CCc1nsc(N2CCN(C(=NC)NCCN(CC)C(=O)OC(C)(C)C)CC2)n1.I. The number of anilines is 1. The van der Waals surface area contributed by atoms with Crippen LogP contribution in [0.15, 0.2) is 4.99 Å². The summed E-state index contributed by atoms with van der Waals surface area (Å²) in [4.78, 5) is 27.5. The zero-order valence-electron chi connectivity index (χ0n) is 19.0. The first-order valence-corrected chi connectivity index (χ1v) is 11.1. The number of aryl methyl sites for hydroxylation is 1. The van der Waals surface area contributed by atoms with Gasteiger partial charge in [-0.15, -0.1) is 24.0 Å². The number of carbonyl (C=O) groups excluding carboxylic acids is 1. The second-order valence-corrected chi connectivity index (χ2v) is 8.59. The number of carbonyl (C=O) groups is 1. The van der Waals surface area contributed by atoms with Crippen molar-refractivity contribution in [3.63, 3.8) is 0 Å². The minimum Gasteiger partial charge on any atom is -0.444 e. The average molecular weight is 554 g/mol. The summed E-state index contributed by atoms with van der Waals surface area (Å²) in [6.45, 7) is 15.0. The number of nitrogens with zero attached hydrogens (tertiary/aromatic N) is 6. The number of rotatable bonds is 6. The highest BCUT2D eigenvalue weighted by molar-refractivity contribution is 14.0. The topological polar surface area (TPSA) is 86.2 Å². The van der Waals surface area contributed by atoms with Gasteiger partial charge in [-0.3, -0.25) is 4.99 Å². The average Bonchev–Trinajstić information content (AvgIpc) is 3.16. The highest BCUT2D eigenvalue weighted by Gasteiger charge is 2.23. The van der Waals surface area contributed by atoms with E-state index in [4.69, 9.17) is 4.74 Å². The molecule has 0 unspecified atom stereocenters. The van der Waals surface area contributed by atoms with Crippen LogP contribution in [0.1, 0.15) is 40.4 Å². The van der Waals surface area contributed by atoms with Gasteiger partial charge in [0.2, 0.25) is 5.13 Å². The number of halogens is 1. The van der Waals surface area contributed by atoms with E-state index in [9.17, 15) is 4.79 Å². The molecule has 0 saturated carbocycles. The Morgan fingerprint density at radius 2 is 1.93 bits per heavy atom. The van der Waals surface area contributed by atoms with Crippen LogP contribution >= 0.6 is 35.5 Å². The lowest BCUT2D eigenvalue weighted by molar-refractivity contribution is 0.0263. The highest BCUT2D eigenvalue weighted by Crippen LogP contribution is 2.19. The Hall–Kier alpha value is -1.37. The van der Waals surface area contributed by atoms with E-state index in [-0.39, 0.29) is 30.1 Å². The zero-order chi connectivity index (χ0) is 21.4. The zero-order valence-corrected chi connectivity index (χ0v) is 22.1. The van der Waals surface area contributed by atoms with E-state index in [1.54, 1.807) is 11.9 Å². The molecule has 1 aromatic rings. The van der Waals surface area contributed by atoms with Gasteiger partial charge in [0, 0.05) is 70.8 Å². The van der Waals surface area contributed by atoms with Gasteiger partial charge in [0.15, 0.2) is 5.96 Å². The number of nitrogens with one attached hydrogen (secondary N) is 1. The van der Waals surface area contributed by atoms with Gasteiger partial charge in [-0.2, -0.15) is 4.37 Å². The van der Waals surface area contributed by atoms with Gasteiger partial charge in [0.1, 0.15) is 11.4 Å². The molecule has 2 rings (SSSR count). The number of likely N-dealkylation sites (N-methyl/N-ethyl adjacent to an activating group) is 1. The number of piperazine rings is 1. The molecule has 2 heterocycles.